The summed E-state index contributed by atoms with van der Waals surface area (Å²) in [7, 11) is 0. The van der Waals surface area contributed by atoms with Crippen LogP contribution in [-0.4, -0.2) is 16.1 Å². The number of hydrogen-bond acceptors (Lipinski definition) is 3. The van der Waals surface area contributed by atoms with Crippen LogP contribution < -0.4 is 0 Å². The topological polar surface area (TPSA) is 50.2 Å². The van der Waals surface area contributed by atoms with Crippen molar-refractivity contribution < 1.29 is 9.90 Å². The number of rotatable bonds is 1. The predicted molar refractivity (Wildman–Crippen MR) is 46.6 cm³/mol. The standard InChI is InChI=1S/C8H5NO2S/c10-8(11)6-4-9-3-5-1-2-12-7(5)6/h1-4H,(H,10,11). The molecule has 2 heterocycles. The zero-order valence-corrected chi connectivity index (χ0v) is 6.84. The van der Waals surface area contributed by atoms with E-state index in [2.05, 4.69) is 4.98 Å². The summed E-state index contributed by atoms with van der Waals surface area (Å²) in [6.45, 7) is 0. The highest BCUT2D eigenvalue weighted by Gasteiger charge is 2.08. The molecule has 0 spiro atoms. The van der Waals surface area contributed by atoms with E-state index in [1.807, 2.05) is 11.4 Å². The first kappa shape index (κ1) is 7.24. The number of carbonyl (C=O) groups is 1. The second-order valence-electron chi connectivity index (χ2n) is 2.33. The molecular formula is C8H5NO2S. The second-order valence-corrected chi connectivity index (χ2v) is 3.25. The highest BCUT2D eigenvalue weighted by atomic mass is 32.1. The molecule has 0 unspecified atom stereocenters. The van der Waals surface area contributed by atoms with Crippen molar-refractivity contribution in [2.75, 3.05) is 0 Å². The van der Waals surface area contributed by atoms with Gasteiger partial charge in [-0.3, -0.25) is 4.98 Å². The van der Waals surface area contributed by atoms with Crippen molar-refractivity contribution >= 4 is 27.4 Å². The lowest BCUT2D eigenvalue weighted by Gasteiger charge is -1.93. The Bertz CT molecular complexity index is 435. The molecule has 0 saturated heterocycles. The summed E-state index contributed by atoms with van der Waals surface area (Å²) < 4.78 is 0.789. The van der Waals surface area contributed by atoms with Crippen molar-refractivity contribution in [3.8, 4) is 0 Å². The van der Waals surface area contributed by atoms with Crippen LogP contribution >= 0.6 is 11.3 Å². The van der Waals surface area contributed by atoms with Crippen molar-refractivity contribution in [3.05, 3.63) is 29.4 Å². The third-order valence-corrected chi connectivity index (χ3v) is 2.55. The lowest BCUT2D eigenvalue weighted by molar-refractivity contribution is 0.0699. The number of pyridine rings is 1. The molecule has 2 aromatic heterocycles. The molecule has 0 atom stereocenters. The smallest absolute Gasteiger partial charge is 0.338 e. The zero-order valence-electron chi connectivity index (χ0n) is 6.02. The number of aromatic carboxylic acids is 1. The molecule has 0 fully saturated rings. The largest absolute Gasteiger partial charge is 0.478 e. The number of carboxylic acid groups (broad SMARTS) is 1. The first-order valence-electron chi connectivity index (χ1n) is 3.33. The maximum absolute atomic E-state index is 10.7. The van der Waals surface area contributed by atoms with E-state index in [-0.39, 0.29) is 5.56 Å². The molecule has 0 aliphatic rings. The zero-order chi connectivity index (χ0) is 8.55. The fourth-order valence-electron chi connectivity index (χ4n) is 1.04. The van der Waals surface area contributed by atoms with Crippen molar-refractivity contribution in [1.29, 1.82) is 0 Å². The highest BCUT2D eigenvalue weighted by Crippen LogP contribution is 2.23. The summed E-state index contributed by atoms with van der Waals surface area (Å²) in [6.07, 6.45) is 3.04. The molecule has 0 aliphatic carbocycles. The van der Waals surface area contributed by atoms with Gasteiger partial charge in [-0.25, -0.2) is 4.79 Å². The van der Waals surface area contributed by atoms with Gasteiger partial charge in [-0.15, -0.1) is 11.3 Å². The Labute approximate surface area is 72.3 Å². The maximum Gasteiger partial charge on any atom is 0.338 e. The van der Waals surface area contributed by atoms with E-state index in [0.717, 1.165) is 10.1 Å². The summed E-state index contributed by atoms with van der Waals surface area (Å²) in [4.78, 5) is 14.5. The molecule has 1 N–H and O–H groups in total. The Morgan fingerprint density at radius 1 is 1.50 bits per heavy atom. The van der Waals surface area contributed by atoms with Gasteiger partial charge in [-0.05, 0) is 11.4 Å². The summed E-state index contributed by atoms with van der Waals surface area (Å²) in [5.74, 6) is -0.921. The van der Waals surface area contributed by atoms with Gasteiger partial charge in [0.1, 0.15) is 0 Å². The van der Waals surface area contributed by atoms with Gasteiger partial charge in [0.05, 0.1) is 10.3 Å². The van der Waals surface area contributed by atoms with Crippen molar-refractivity contribution in [1.82, 2.24) is 4.98 Å². The summed E-state index contributed by atoms with van der Waals surface area (Å²) in [5.41, 5.74) is 0.280. The van der Waals surface area contributed by atoms with Gasteiger partial charge in [0.25, 0.3) is 0 Å². The van der Waals surface area contributed by atoms with Crippen LogP contribution in [0.4, 0.5) is 0 Å². The Balaban J connectivity index is 2.82. The van der Waals surface area contributed by atoms with E-state index in [4.69, 9.17) is 5.11 Å². The van der Waals surface area contributed by atoms with Crippen molar-refractivity contribution in [2.45, 2.75) is 0 Å². The van der Waals surface area contributed by atoms with Gasteiger partial charge in [0.15, 0.2) is 0 Å². The number of carboxylic acids is 1. The van der Waals surface area contributed by atoms with Gasteiger partial charge in [-0.1, -0.05) is 0 Å². The van der Waals surface area contributed by atoms with Crippen LogP contribution in [-0.2, 0) is 0 Å². The minimum Gasteiger partial charge on any atom is -0.478 e. The van der Waals surface area contributed by atoms with Crippen LogP contribution in [0.5, 0.6) is 0 Å². The molecule has 4 heteroatoms. The molecular weight excluding hydrogens is 174 g/mol. The number of thiophene rings is 1. The van der Waals surface area contributed by atoms with Crippen LogP contribution in [0.15, 0.2) is 23.8 Å². The van der Waals surface area contributed by atoms with Crippen LogP contribution in [0, 0.1) is 0 Å². The quantitative estimate of drug-likeness (QED) is 0.728. The Kier molecular flexibility index (Phi) is 1.55. The maximum atomic E-state index is 10.7. The fourth-order valence-corrected chi connectivity index (χ4v) is 1.92. The minimum atomic E-state index is -0.921. The Hall–Kier alpha value is -1.42. The first-order chi connectivity index (χ1) is 5.79. The molecule has 2 aromatic rings. The van der Waals surface area contributed by atoms with Crippen molar-refractivity contribution in [2.24, 2.45) is 0 Å². The van der Waals surface area contributed by atoms with Crippen LogP contribution in [0.1, 0.15) is 10.4 Å². The number of nitrogens with zero attached hydrogens (tertiary/aromatic N) is 1. The van der Waals surface area contributed by atoms with E-state index in [9.17, 15) is 4.79 Å². The van der Waals surface area contributed by atoms with Gasteiger partial charge < -0.3 is 5.11 Å². The third kappa shape index (κ3) is 0.967. The molecule has 2 rings (SSSR count). The van der Waals surface area contributed by atoms with E-state index in [1.54, 1.807) is 6.20 Å². The third-order valence-electron chi connectivity index (χ3n) is 1.59. The molecule has 3 nitrogen and oxygen atoms in total. The van der Waals surface area contributed by atoms with Crippen LogP contribution in [0.25, 0.3) is 10.1 Å². The monoisotopic (exact) mass is 179 g/mol. The van der Waals surface area contributed by atoms with Gasteiger partial charge in [0.2, 0.25) is 0 Å². The lowest BCUT2D eigenvalue weighted by Crippen LogP contribution is -1.96. The lowest BCUT2D eigenvalue weighted by atomic mass is 10.2. The average Bonchev–Trinajstić information content (AvgIpc) is 2.49. The Morgan fingerprint density at radius 3 is 3.08 bits per heavy atom. The number of aromatic nitrogens is 1. The molecule has 0 amide bonds. The van der Waals surface area contributed by atoms with Crippen molar-refractivity contribution in [3.63, 3.8) is 0 Å². The normalized spacial score (nSPS) is 10.3. The number of hydrogen-bond donors (Lipinski definition) is 1. The molecule has 0 radical (unpaired) electrons. The van der Waals surface area contributed by atoms with Crippen LogP contribution in [0.3, 0.4) is 0 Å². The van der Waals surface area contributed by atoms with E-state index in [1.165, 1.54) is 17.5 Å². The summed E-state index contributed by atoms with van der Waals surface area (Å²) in [6, 6.07) is 1.86. The Morgan fingerprint density at radius 2 is 2.33 bits per heavy atom. The fraction of sp³-hybridized carbons (Fsp3) is 0. The van der Waals surface area contributed by atoms with E-state index < -0.39 is 5.97 Å². The average molecular weight is 179 g/mol. The van der Waals surface area contributed by atoms with E-state index in [0.29, 0.717) is 0 Å². The molecule has 60 valence electrons. The SMILES string of the molecule is O=C(O)c1cncc2ccsc12. The molecule has 0 aromatic carbocycles. The van der Waals surface area contributed by atoms with E-state index >= 15 is 0 Å². The molecule has 0 aliphatic heterocycles. The van der Waals surface area contributed by atoms with Gasteiger partial charge in [0, 0.05) is 17.8 Å². The van der Waals surface area contributed by atoms with Gasteiger partial charge in [-0.2, -0.15) is 0 Å². The second kappa shape index (κ2) is 2.57. The summed E-state index contributed by atoms with van der Waals surface area (Å²) in [5, 5.41) is 11.5. The predicted octanol–water partition coefficient (Wildman–Crippen LogP) is 1.99. The highest BCUT2D eigenvalue weighted by molar-refractivity contribution is 7.17. The molecule has 12 heavy (non-hydrogen) atoms. The minimum absolute atomic E-state index is 0.280. The van der Waals surface area contributed by atoms with Gasteiger partial charge >= 0.3 is 5.97 Å². The molecule has 0 saturated carbocycles. The summed E-state index contributed by atoms with van der Waals surface area (Å²) >= 11 is 1.42. The van der Waals surface area contributed by atoms with Crippen LogP contribution in [0.2, 0.25) is 0 Å². The first-order valence-corrected chi connectivity index (χ1v) is 4.21. The molecule has 0 bridgehead atoms. The number of fused-ring (bicyclic) bond motifs is 1.